The van der Waals surface area contributed by atoms with Crippen LogP contribution in [0.5, 0.6) is 0 Å². The van der Waals surface area contributed by atoms with E-state index >= 15 is 0 Å². The molecule has 0 unspecified atom stereocenters. The van der Waals surface area contributed by atoms with Crippen molar-refractivity contribution in [1.82, 2.24) is 10.2 Å². The number of nitrogens with zero attached hydrogens (tertiary/aromatic N) is 3. The summed E-state index contributed by atoms with van der Waals surface area (Å²) in [5, 5.41) is 21.3. The van der Waals surface area contributed by atoms with E-state index in [-0.39, 0.29) is 6.04 Å². The minimum absolute atomic E-state index is 0.226. The summed E-state index contributed by atoms with van der Waals surface area (Å²) >= 11 is 0. The number of hydrogen-bond donors (Lipinski definition) is 1. The lowest BCUT2D eigenvalue weighted by molar-refractivity contribution is 0.894. The fourth-order valence-electron chi connectivity index (χ4n) is 1.76. The van der Waals surface area contributed by atoms with Gasteiger partial charge in [-0.05, 0) is 31.5 Å². The number of fused-ring (bicyclic) bond motifs is 1. The molecule has 0 radical (unpaired) electrons. The van der Waals surface area contributed by atoms with Crippen molar-refractivity contribution in [1.29, 1.82) is 5.26 Å². The molecule has 1 aromatic carbocycles. The van der Waals surface area contributed by atoms with E-state index in [1.54, 1.807) is 6.08 Å². The van der Waals surface area contributed by atoms with Crippen molar-refractivity contribution in [2.24, 2.45) is 0 Å². The van der Waals surface area contributed by atoms with E-state index in [0.717, 1.165) is 22.2 Å². The van der Waals surface area contributed by atoms with Crippen LogP contribution < -0.4 is 5.32 Å². The molecule has 0 aliphatic rings. The summed E-state index contributed by atoms with van der Waals surface area (Å²) in [6, 6.07) is 8.08. The third-order valence-electron chi connectivity index (χ3n) is 2.56. The van der Waals surface area contributed by atoms with Crippen LogP contribution in [0.2, 0.25) is 0 Å². The smallest absolute Gasteiger partial charge is 0.186 e. The predicted octanol–water partition coefficient (Wildman–Crippen LogP) is 2.96. The van der Waals surface area contributed by atoms with Crippen molar-refractivity contribution in [3.05, 3.63) is 36.0 Å². The molecule has 18 heavy (non-hydrogen) atoms. The van der Waals surface area contributed by atoms with Gasteiger partial charge in [0, 0.05) is 11.4 Å². The number of benzene rings is 1. The minimum atomic E-state index is 0.226. The Labute approximate surface area is 106 Å². The van der Waals surface area contributed by atoms with Crippen LogP contribution in [0, 0.1) is 11.3 Å². The lowest BCUT2D eigenvalue weighted by atomic mass is 10.1. The summed E-state index contributed by atoms with van der Waals surface area (Å²) in [4.78, 5) is 0. The highest BCUT2D eigenvalue weighted by Gasteiger charge is 2.11. The summed E-state index contributed by atoms with van der Waals surface area (Å²) < 4.78 is 0. The molecule has 2 aromatic rings. The second-order valence-electron chi connectivity index (χ2n) is 4.32. The third kappa shape index (κ3) is 2.16. The van der Waals surface area contributed by atoms with E-state index in [0.29, 0.717) is 5.69 Å². The van der Waals surface area contributed by atoms with Gasteiger partial charge in [0.25, 0.3) is 0 Å². The first kappa shape index (κ1) is 12.1. The minimum Gasteiger partial charge on any atom is -0.380 e. The lowest BCUT2D eigenvalue weighted by Crippen LogP contribution is -2.12. The number of nitrogens with one attached hydrogen (secondary N) is 1. The van der Waals surface area contributed by atoms with Crippen LogP contribution in [0.4, 0.5) is 5.69 Å². The number of rotatable bonds is 3. The Balaban J connectivity index is 2.70. The number of hydrogen-bond acceptors (Lipinski definition) is 4. The van der Waals surface area contributed by atoms with Gasteiger partial charge in [0.05, 0.1) is 11.2 Å². The molecule has 1 heterocycles. The van der Waals surface area contributed by atoms with Crippen molar-refractivity contribution < 1.29 is 0 Å². The molecule has 0 saturated carbocycles. The van der Waals surface area contributed by atoms with Crippen molar-refractivity contribution in [3.8, 4) is 6.07 Å². The van der Waals surface area contributed by atoms with Crippen LogP contribution in [-0.4, -0.2) is 16.2 Å². The van der Waals surface area contributed by atoms with E-state index in [9.17, 15) is 0 Å². The average Bonchev–Trinajstić information content (AvgIpc) is 2.37. The topological polar surface area (TPSA) is 61.6 Å². The Morgan fingerprint density at radius 2 is 2.17 bits per heavy atom. The molecule has 4 nitrogen and oxygen atoms in total. The molecule has 0 aliphatic heterocycles. The molecule has 4 heteroatoms. The monoisotopic (exact) mass is 238 g/mol. The normalized spacial score (nSPS) is 10.3. The van der Waals surface area contributed by atoms with E-state index in [1.807, 2.05) is 32.0 Å². The van der Waals surface area contributed by atoms with Gasteiger partial charge < -0.3 is 5.32 Å². The molecule has 0 aliphatic carbocycles. The van der Waals surface area contributed by atoms with Crippen LogP contribution in [0.25, 0.3) is 17.0 Å². The molecule has 2 rings (SSSR count). The Hall–Kier alpha value is -2.41. The quantitative estimate of drug-likeness (QED) is 0.893. The lowest BCUT2D eigenvalue weighted by Gasteiger charge is -2.13. The van der Waals surface area contributed by atoms with E-state index in [2.05, 4.69) is 28.2 Å². The van der Waals surface area contributed by atoms with E-state index < -0.39 is 0 Å². The molecule has 1 N–H and O–H groups in total. The zero-order chi connectivity index (χ0) is 13.1. The maximum atomic E-state index is 9.08. The Morgan fingerprint density at radius 1 is 1.39 bits per heavy atom. The van der Waals surface area contributed by atoms with Crippen molar-refractivity contribution in [2.45, 2.75) is 19.9 Å². The van der Waals surface area contributed by atoms with Gasteiger partial charge in [-0.3, -0.25) is 0 Å². The van der Waals surface area contributed by atoms with Gasteiger partial charge in [0.2, 0.25) is 0 Å². The molecule has 0 bridgehead atoms. The van der Waals surface area contributed by atoms with Crippen LogP contribution in [0.15, 0.2) is 24.8 Å². The van der Waals surface area contributed by atoms with Gasteiger partial charge in [-0.15, -0.1) is 10.2 Å². The van der Waals surface area contributed by atoms with Gasteiger partial charge in [0.15, 0.2) is 5.69 Å². The third-order valence-corrected chi connectivity index (χ3v) is 2.56. The molecule has 1 aromatic heterocycles. The maximum absolute atomic E-state index is 9.08. The standard InChI is InChI=1S/C14H14N4/c1-4-10-5-6-11-12(7-10)17-18-13(8-15)14(11)16-9(2)3/h4-7,9H,1H2,2-3H3,(H,16,17). The first-order valence-electron chi connectivity index (χ1n) is 5.75. The molecular formula is C14H14N4. The predicted molar refractivity (Wildman–Crippen MR) is 73.1 cm³/mol. The van der Waals surface area contributed by atoms with Crippen molar-refractivity contribution in [2.75, 3.05) is 5.32 Å². The average molecular weight is 238 g/mol. The van der Waals surface area contributed by atoms with Crippen LogP contribution >= 0.6 is 0 Å². The highest BCUT2D eigenvalue weighted by Crippen LogP contribution is 2.25. The van der Waals surface area contributed by atoms with Crippen molar-refractivity contribution >= 4 is 22.7 Å². The largest absolute Gasteiger partial charge is 0.380 e. The number of nitriles is 1. The Morgan fingerprint density at radius 3 is 2.78 bits per heavy atom. The summed E-state index contributed by atoms with van der Waals surface area (Å²) in [6.45, 7) is 7.76. The maximum Gasteiger partial charge on any atom is 0.186 e. The summed E-state index contributed by atoms with van der Waals surface area (Å²) in [6.07, 6.45) is 1.76. The molecule has 0 fully saturated rings. The number of aromatic nitrogens is 2. The van der Waals surface area contributed by atoms with Gasteiger partial charge in [-0.2, -0.15) is 5.26 Å². The fraction of sp³-hybridized carbons (Fsp3) is 0.214. The van der Waals surface area contributed by atoms with Gasteiger partial charge in [-0.1, -0.05) is 18.7 Å². The Kier molecular flexibility index (Phi) is 3.24. The van der Waals surface area contributed by atoms with Gasteiger partial charge in [0.1, 0.15) is 6.07 Å². The molecule has 0 spiro atoms. The zero-order valence-electron chi connectivity index (χ0n) is 10.4. The molecule has 90 valence electrons. The fourth-order valence-corrected chi connectivity index (χ4v) is 1.76. The van der Waals surface area contributed by atoms with Crippen LogP contribution in [0.1, 0.15) is 25.1 Å². The summed E-state index contributed by atoms with van der Waals surface area (Å²) in [7, 11) is 0. The highest BCUT2D eigenvalue weighted by atomic mass is 15.1. The highest BCUT2D eigenvalue weighted by molar-refractivity contribution is 5.94. The first-order valence-corrected chi connectivity index (χ1v) is 5.75. The molecule has 0 atom stereocenters. The zero-order valence-corrected chi connectivity index (χ0v) is 10.4. The van der Waals surface area contributed by atoms with E-state index in [1.165, 1.54) is 0 Å². The molecule has 0 amide bonds. The number of anilines is 1. The van der Waals surface area contributed by atoms with Crippen LogP contribution in [0.3, 0.4) is 0 Å². The van der Waals surface area contributed by atoms with Crippen LogP contribution in [-0.2, 0) is 0 Å². The summed E-state index contributed by atoms with van der Waals surface area (Å²) in [5.41, 5.74) is 2.81. The van der Waals surface area contributed by atoms with Crippen molar-refractivity contribution in [3.63, 3.8) is 0 Å². The first-order chi connectivity index (χ1) is 8.65. The van der Waals surface area contributed by atoms with Gasteiger partial charge >= 0.3 is 0 Å². The van der Waals surface area contributed by atoms with Gasteiger partial charge in [-0.25, -0.2) is 0 Å². The Bertz CT molecular complexity index is 638. The second-order valence-corrected chi connectivity index (χ2v) is 4.32. The summed E-state index contributed by atoms with van der Waals surface area (Å²) in [5.74, 6) is 0. The van der Waals surface area contributed by atoms with E-state index in [4.69, 9.17) is 5.26 Å². The second kappa shape index (κ2) is 4.84. The molecular weight excluding hydrogens is 224 g/mol. The SMILES string of the molecule is C=Cc1ccc2c(NC(C)C)c(C#N)nnc2c1. The molecule has 0 saturated heterocycles.